The molecule has 3 rings (SSSR count). The Balaban J connectivity index is 2.01. The summed E-state index contributed by atoms with van der Waals surface area (Å²) in [7, 11) is 0. The van der Waals surface area contributed by atoms with Gasteiger partial charge in [-0.25, -0.2) is 4.98 Å². The first-order valence-electron chi connectivity index (χ1n) is 6.52. The van der Waals surface area contributed by atoms with E-state index >= 15 is 0 Å². The number of carbonyl (C=O) groups excluding carboxylic acids is 1. The summed E-state index contributed by atoms with van der Waals surface area (Å²) in [5.74, 6) is -0.399. The lowest BCUT2D eigenvalue weighted by molar-refractivity contribution is 0.100. The van der Waals surface area contributed by atoms with Gasteiger partial charge in [-0.15, -0.1) is 0 Å². The van der Waals surface area contributed by atoms with E-state index in [9.17, 15) is 4.79 Å². The van der Waals surface area contributed by atoms with E-state index < -0.39 is 5.91 Å². The number of rotatable bonds is 2. The van der Waals surface area contributed by atoms with Gasteiger partial charge < -0.3 is 10.3 Å². The van der Waals surface area contributed by atoms with Gasteiger partial charge in [0.15, 0.2) is 0 Å². The van der Waals surface area contributed by atoms with Gasteiger partial charge >= 0.3 is 0 Å². The van der Waals surface area contributed by atoms with Crippen molar-refractivity contribution in [3.05, 3.63) is 30.1 Å². The fourth-order valence-corrected chi connectivity index (χ4v) is 2.84. The Morgan fingerprint density at radius 1 is 1.28 bits per heavy atom. The Hall–Kier alpha value is -1.84. The molecule has 1 aliphatic carbocycles. The van der Waals surface area contributed by atoms with Crippen LogP contribution in [0.25, 0.3) is 11.0 Å². The zero-order valence-electron chi connectivity index (χ0n) is 10.3. The molecule has 0 aliphatic heterocycles. The lowest BCUT2D eigenvalue weighted by atomic mass is 9.95. The van der Waals surface area contributed by atoms with Gasteiger partial charge in [0.25, 0.3) is 0 Å². The van der Waals surface area contributed by atoms with Crippen LogP contribution in [-0.2, 0) is 0 Å². The molecule has 0 radical (unpaired) electrons. The average Bonchev–Trinajstić information content (AvgIpc) is 2.82. The van der Waals surface area contributed by atoms with Crippen molar-refractivity contribution < 1.29 is 4.79 Å². The molecule has 4 heteroatoms. The first-order chi connectivity index (χ1) is 8.75. The summed E-state index contributed by atoms with van der Waals surface area (Å²) in [6.07, 6.45) is 8.28. The van der Waals surface area contributed by atoms with Crippen LogP contribution in [0.3, 0.4) is 0 Å². The standard InChI is InChI=1S/C14H17N3O/c15-14(18)10-6-7-13-12(8-10)16-9-17(13)11-4-2-1-3-5-11/h6-9,11H,1-5H2,(H2,15,18). The van der Waals surface area contributed by atoms with Crippen LogP contribution in [0.2, 0.25) is 0 Å². The number of nitrogens with two attached hydrogens (primary N) is 1. The Morgan fingerprint density at radius 3 is 2.78 bits per heavy atom. The van der Waals surface area contributed by atoms with Crippen LogP contribution >= 0.6 is 0 Å². The minimum atomic E-state index is -0.399. The number of amides is 1. The first kappa shape index (κ1) is 11.3. The Labute approximate surface area is 106 Å². The molecule has 1 amide bonds. The molecule has 1 fully saturated rings. The van der Waals surface area contributed by atoms with Gasteiger partial charge in [-0.1, -0.05) is 19.3 Å². The molecule has 1 saturated carbocycles. The molecule has 2 aromatic rings. The quantitative estimate of drug-likeness (QED) is 0.881. The molecular formula is C14H17N3O. The second-order valence-electron chi connectivity index (χ2n) is 5.01. The summed E-state index contributed by atoms with van der Waals surface area (Å²) in [5.41, 5.74) is 7.77. The SMILES string of the molecule is NC(=O)c1ccc2c(c1)ncn2C1CCCCC1. The smallest absolute Gasteiger partial charge is 0.248 e. The molecule has 0 spiro atoms. The van der Waals surface area contributed by atoms with Gasteiger partial charge in [0.2, 0.25) is 5.91 Å². The van der Waals surface area contributed by atoms with Crippen molar-refractivity contribution in [1.82, 2.24) is 9.55 Å². The predicted molar refractivity (Wildman–Crippen MR) is 70.4 cm³/mol. The molecule has 1 aromatic carbocycles. The molecule has 0 atom stereocenters. The number of aromatic nitrogens is 2. The van der Waals surface area contributed by atoms with Crippen molar-refractivity contribution in [3.63, 3.8) is 0 Å². The van der Waals surface area contributed by atoms with Gasteiger partial charge in [0, 0.05) is 11.6 Å². The van der Waals surface area contributed by atoms with Crippen LogP contribution in [0.15, 0.2) is 24.5 Å². The second kappa shape index (κ2) is 4.44. The minimum Gasteiger partial charge on any atom is -0.366 e. The van der Waals surface area contributed by atoms with Gasteiger partial charge in [-0.2, -0.15) is 0 Å². The molecule has 4 nitrogen and oxygen atoms in total. The summed E-state index contributed by atoms with van der Waals surface area (Å²) in [5, 5.41) is 0. The topological polar surface area (TPSA) is 60.9 Å². The number of hydrogen-bond acceptors (Lipinski definition) is 2. The molecular weight excluding hydrogens is 226 g/mol. The van der Waals surface area contributed by atoms with Gasteiger partial charge in [0.05, 0.1) is 17.4 Å². The predicted octanol–water partition coefficient (Wildman–Crippen LogP) is 2.64. The Morgan fingerprint density at radius 2 is 2.06 bits per heavy atom. The van der Waals surface area contributed by atoms with Crippen LogP contribution in [0.5, 0.6) is 0 Å². The molecule has 2 N–H and O–H groups in total. The van der Waals surface area contributed by atoms with Gasteiger partial charge in [-0.05, 0) is 31.0 Å². The summed E-state index contributed by atoms with van der Waals surface area (Å²) < 4.78 is 2.25. The highest BCUT2D eigenvalue weighted by Gasteiger charge is 2.17. The number of benzene rings is 1. The highest BCUT2D eigenvalue weighted by molar-refractivity contribution is 5.96. The van der Waals surface area contributed by atoms with Crippen molar-refractivity contribution >= 4 is 16.9 Å². The van der Waals surface area contributed by atoms with E-state index in [1.54, 1.807) is 12.1 Å². The van der Waals surface area contributed by atoms with Crippen molar-refractivity contribution in [2.24, 2.45) is 5.73 Å². The molecule has 0 unspecified atom stereocenters. The third kappa shape index (κ3) is 1.88. The Bertz CT molecular complexity index is 582. The fraction of sp³-hybridized carbons (Fsp3) is 0.429. The van der Waals surface area contributed by atoms with Crippen molar-refractivity contribution in [3.8, 4) is 0 Å². The maximum Gasteiger partial charge on any atom is 0.248 e. The van der Waals surface area contributed by atoms with Crippen LogP contribution < -0.4 is 5.73 Å². The monoisotopic (exact) mass is 243 g/mol. The zero-order valence-corrected chi connectivity index (χ0v) is 10.3. The lowest BCUT2D eigenvalue weighted by Gasteiger charge is -2.23. The molecule has 1 aliphatic rings. The molecule has 94 valence electrons. The second-order valence-corrected chi connectivity index (χ2v) is 5.01. The number of carbonyl (C=O) groups is 1. The van der Waals surface area contributed by atoms with E-state index in [1.807, 2.05) is 12.4 Å². The average molecular weight is 243 g/mol. The first-order valence-corrected chi connectivity index (χ1v) is 6.52. The third-order valence-electron chi connectivity index (χ3n) is 3.83. The number of fused-ring (bicyclic) bond motifs is 1. The maximum absolute atomic E-state index is 11.1. The molecule has 18 heavy (non-hydrogen) atoms. The molecule has 1 aromatic heterocycles. The van der Waals surface area contributed by atoms with Crippen LogP contribution in [0, 0.1) is 0 Å². The maximum atomic E-state index is 11.1. The molecule has 0 bridgehead atoms. The molecule has 1 heterocycles. The summed E-state index contributed by atoms with van der Waals surface area (Å²) in [4.78, 5) is 15.5. The van der Waals surface area contributed by atoms with E-state index in [0.29, 0.717) is 11.6 Å². The van der Waals surface area contributed by atoms with Crippen molar-refractivity contribution in [2.75, 3.05) is 0 Å². The number of hydrogen-bond donors (Lipinski definition) is 1. The van der Waals surface area contributed by atoms with E-state index in [2.05, 4.69) is 9.55 Å². The number of primary amides is 1. The highest BCUT2D eigenvalue weighted by Crippen LogP contribution is 2.30. The van der Waals surface area contributed by atoms with Gasteiger partial charge in [0.1, 0.15) is 0 Å². The van der Waals surface area contributed by atoms with Crippen LogP contribution in [0.4, 0.5) is 0 Å². The lowest BCUT2D eigenvalue weighted by Crippen LogP contribution is -2.12. The summed E-state index contributed by atoms with van der Waals surface area (Å²) >= 11 is 0. The van der Waals surface area contributed by atoms with Crippen LogP contribution in [0.1, 0.15) is 48.5 Å². The summed E-state index contributed by atoms with van der Waals surface area (Å²) in [6, 6.07) is 6.07. The highest BCUT2D eigenvalue weighted by atomic mass is 16.1. The number of nitrogens with zero attached hydrogens (tertiary/aromatic N) is 2. The fourth-order valence-electron chi connectivity index (χ4n) is 2.84. The summed E-state index contributed by atoms with van der Waals surface area (Å²) in [6.45, 7) is 0. The minimum absolute atomic E-state index is 0.399. The van der Waals surface area contributed by atoms with E-state index in [-0.39, 0.29) is 0 Å². The van der Waals surface area contributed by atoms with E-state index in [0.717, 1.165) is 11.0 Å². The van der Waals surface area contributed by atoms with E-state index in [1.165, 1.54) is 32.1 Å². The van der Waals surface area contributed by atoms with E-state index in [4.69, 9.17) is 5.73 Å². The number of imidazole rings is 1. The van der Waals surface area contributed by atoms with Crippen molar-refractivity contribution in [1.29, 1.82) is 0 Å². The van der Waals surface area contributed by atoms with Crippen LogP contribution in [-0.4, -0.2) is 15.5 Å². The van der Waals surface area contributed by atoms with Crippen molar-refractivity contribution in [2.45, 2.75) is 38.1 Å². The third-order valence-corrected chi connectivity index (χ3v) is 3.83. The Kier molecular flexibility index (Phi) is 2.78. The zero-order chi connectivity index (χ0) is 12.5. The largest absolute Gasteiger partial charge is 0.366 e. The van der Waals surface area contributed by atoms with Gasteiger partial charge in [-0.3, -0.25) is 4.79 Å². The normalized spacial score (nSPS) is 17.1. The molecule has 0 saturated heterocycles.